The van der Waals surface area contributed by atoms with Gasteiger partial charge in [0.25, 0.3) is 5.56 Å². The van der Waals surface area contributed by atoms with Crippen LogP contribution in [0, 0.1) is 0 Å². The van der Waals surface area contributed by atoms with Crippen molar-refractivity contribution in [1.29, 1.82) is 0 Å². The van der Waals surface area contributed by atoms with Gasteiger partial charge in [-0.3, -0.25) is 14.3 Å². The van der Waals surface area contributed by atoms with Crippen molar-refractivity contribution in [2.45, 2.75) is 44.2 Å². The smallest absolute Gasteiger partial charge is 0.280 e. The van der Waals surface area contributed by atoms with Crippen LogP contribution >= 0.6 is 0 Å². The standard InChI is InChI=1S/C25H27N5O5/c1-25(14-33-12-16-8-4-2-5-9-16)20(34-13-17-10-6-3-7-11-17)19(31)23(35-25)30-15-27-18-21(30)28-24(26)29-22(18)32/h2-11,15,19-20,23,31H,12-14H2,1H3,(H3,26,28,29,32). The summed E-state index contributed by atoms with van der Waals surface area (Å²) in [5.74, 6) is -0.0532. The van der Waals surface area contributed by atoms with Gasteiger partial charge in [0, 0.05) is 0 Å². The first kappa shape index (κ1) is 23.2. The number of aliphatic hydroxyl groups is 1. The first-order valence-corrected chi connectivity index (χ1v) is 11.3. The molecule has 182 valence electrons. The topological polar surface area (TPSA) is 138 Å². The number of nitrogen functional groups attached to an aromatic ring is 1. The van der Waals surface area contributed by atoms with Crippen molar-refractivity contribution in [2.75, 3.05) is 12.3 Å². The Balaban J connectivity index is 1.42. The fourth-order valence-electron chi connectivity index (χ4n) is 4.37. The van der Waals surface area contributed by atoms with Gasteiger partial charge in [-0.1, -0.05) is 60.7 Å². The number of benzene rings is 2. The fraction of sp³-hybridized carbons (Fsp3) is 0.320. The number of imidazole rings is 1. The van der Waals surface area contributed by atoms with Gasteiger partial charge in [0.05, 0.1) is 26.1 Å². The Morgan fingerprint density at radius 1 is 1.11 bits per heavy atom. The number of H-pyrrole nitrogens is 1. The summed E-state index contributed by atoms with van der Waals surface area (Å²) in [7, 11) is 0. The number of hydrogen-bond acceptors (Lipinski definition) is 8. The number of aromatic nitrogens is 4. The quantitative estimate of drug-likeness (QED) is 0.351. The average Bonchev–Trinajstić information content (AvgIpc) is 3.38. The highest BCUT2D eigenvalue weighted by molar-refractivity contribution is 5.70. The monoisotopic (exact) mass is 477 g/mol. The maximum absolute atomic E-state index is 12.2. The van der Waals surface area contributed by atoms with E-state index in [1.807, 2.05) is 67.6 Å². The molecule has 2 aromatic heterocycles. The number of nitrogens with zero attached hydrogens (tertiary/aromatic N) is 3. The fourth-order valence-corrected chi connectivity index (χ4v) is 4.37. The molecular formula is C25H27N5O5. The normalized spacial score (nSPS) is 24.2. The summed E-state index contributed by atoms with van der Waals surface area (Å²) in [5.41, 5.74) is 6.57. The number of anilines is 1. The van der Waals surface area contributed by atoms with Crippen LogP contribution < -0.4 is 11.3 Å². The third-order valence-corrected chi connectivity index (χ3v) is 6.09. The molecule has 4 aromatic rings. The van der Waals surface area contributed by atoms with Crippen molar-refractivity contribution < 1.29 is 19.3 Å². The Morgan fingerprint density at radius 2 is 1.77 bits per heavy atom. The maximum Gasteiger partial charge on any atom is 0.280 e. The Bertz CT molecular complexity index is 1340. The molecule has 1 aliphatic heterocycles. The van der Waals surface area contributed by atoms with Crippen molar-refractivity contribution in [3.63, 3.8) is 0 Å². The molecule has 4 unspecified atom stereocenters. The molecule has 0 radical (unpaired) electrons. The van der Waals surface area contributed by atoms with E-state index in [1.54, 1.807) is 0 Å². The van der Waals surface area contributed by atoms with E-state index in [1.165, 1.54) is 10.9 Å². The molecule has 10 nitrogen and oxygen atoms in total. The molecule has 1 saturated heterocycles. The minimum absolute atomic E-state index is 0.0532. The molecule has 0 bridgehead atoms. The van der Waals surface area contributed by atoms with E-state index < -0.39 is 29.6 Å². The van der Waals surface area contributed by atoms with Gasteiger partial charge in [-0.2, -0.15) is 4.98 Å². The number of ether oxygens (including phenoxy) is 3. The number of fused-ring (bicyclic) bond motifs is 1. The molecule has 4 N–H and O–H groups in total. The Labute approximate surface area is 201 Å². The second kappa shape index (κ2) is 9.59. The number of nitrogens with two attached hydrogens (primary N) is 1. The van der Waals surface area contributed by atoms with Crippen LogP contribution in [0.4, 0.5) is 5.95 Å². The largest absolute Gasteiger partial charge is 0.386 e. The summed E-state index contributed by atoms with van der Waals surface area (Å²) < 4.78 is 20.1. The molecule has 1 fully saturated rings. The molecule has 10 heteroatoms. The predicted octanol–water partition coefficient (Wildman–Crippen LogP) is 2.15. The Kier molecular flexibility index (Phi) is 6.35. The van der Waals surface area contributed by atoms with Gasteiger partial charge in [-0.25, -0.2) is 4.98 Å². The van der Waals surface area contributed by atoms with Crippen LogP contribution in [0.25, 0.3) is 11.2 Å². The molecule has 0 saturated carbocycles. The van der Waals surface area contributed by atoms with E-state index in [0.29, 0.717) is 6.61 Å². The summed E-state index contributed by atoms with van der Waals surface area (Å²) in [6.07, 6.45) is -1.34. The van der Waals surface area contributed by atoms with Crippen LogP contribution in [-0.2, 0) is 27.4 Å². The van der Waals surface area contributed by atoms with Crippen LogP contribution in [0.1, 0.15) is 24.3 Å². The first-order chi connectivity index (χ1) is 16.9. The van der Waals surface area contributed by atoms with Crippen molar-refractivity contribution in [1.82, 2.24) is 19.5 Å². The molecule has 35 heavy (non-hydrogen) atoms. The molecule has 4 atom stereocenters. The molecule has 0 spiro atoms. The average molecular weight is 478 g/mol. The third-order valence-electron chi connectivity index (χ3n) is 6.09. The lowest BCUT2D eigenvalue weighted by Crippen LogP contribution is -2.46. The van der Waals surface area contributed by atoms with Crippen LogP contribution in [0.3, 0.4) is 0 Å². The summed E-state index contributed by atoms with van der Waals surface area (Å²) in [4.78, 5) is 23.0. The molecular weight excluding hydrogens is 450 g/mol. The van der Waals surface area contributed by atoms with Crippen molar-refractivity contribution in [3.8, 4) is 0 Å². The Morgan fingerprint density at radius 3 is 2.46 bits per heavy atom. The number of aliphatic hydroxyl groups excluding tert-OH is 1. The SMILES string of the molecule is CC1(COCc2ccccc2)OC(n2cnc3c(=O)[nH]c(N)nc32)C(O)C1OCc1ccccc1. The maximum atomic E-state index is 12.2. The lowest BCUT2D eigenvalue weighted by Gasteiger charge is -2.30. The van der Waals surface area contributed by atoms with Gasteiger partial charge in [-0.05, 0) is 18.1 Å². The predicted molar refractivity (Wildman–Crippen MR) is 128 cm³/mol. The van der Waals surface area contributed by atoms with Crippen molar-refractivity contribution in [3.05, 3.63) is 88.5 Å². The van der Waals surface area contributed by atoms with E-state index in [9.17, 15) is 9.90 Å². The zero-order valence-corrected chi connectivity index (χ0v) is 19.2. The van der Waals surface area contributed by atoms with Crippen molar-refractivity contribution >= 4 is 17.1 Å². The molecule has 3 heterocycles. The molecule has 1 aliphatic rings. The van der Waals surface area contributed by atoms with Crippen LogP contribution in [0.2, 0.25) is 0 Å². The second-order valence-electron chi connectivity index (χ2n) is 8.78. The van der Waals surface area contributed by atoms with Crippen molar-refractivity contribution in [2.24, 2.45) is 0 Å². The van der Waals surface area contributed by atoms with E-state index in [0.717, 1.165) is 11.1 Å². The Hall–Kier alpha value is -3.57. The minimum atomic E-state index is -1.09. The number of hydrogen-bond donors (Lipinski definition) is 3. The van der Waals surface area contributed by atoms with Gasteiger partial charge in [-0.15, -0.1) is 0 Å². The highest BCUT2D eigenvalue weighted by Gasteiger charge is 2.54. The summed E-state index contributed by atoms with van der Waals surface area (Å²) in [6.45, 7) is 2.66. The lowest BCUT2D eigenvalue weighted by molar-refractivity contribution is -0.146. The van der Waals surface area contributed by atoms with E-state index in [4.69, 9.17) is 19.9 Å². The zero-order chi connectivity index (χ0) is 24.4. The zero-order valence-electron chi connectivity index (χ0n) is 19.2. The highest BCUT2D eigenvalue weighted by Crippen LogP contribution is 2.40. The van der Waals surface area contributed by atoms with E-state index >= 15 is 0 Å². The number of aromatic amines is 1. The molecule has 0 amide bonds. The summed E-state index contributed by atoms with van der Waals surface area (Å²) in [6, 6.07) is 19.5. The lowest BCUT2D eigenvalue weighted by atomic mass is 9.98. The summed E-state index contributed by atoms with van der Waals surface area (Å²) >= 11 is 0. The van der Waals surface area contributed by atoms with Crippen LogP contribution in [-0.4, -0.2) is 49.0 Å². The van der Waals surface area contributed by atoms with Gasteiger partial charge in [0.2, 0.25) is 5.95 Å². The van der Waals surface area contributed by atoms with Crippen LogP contribution in [0.15, 0.2) is 71.8 Å². The van der Waals surface area contributed by atoms with Gasteiger partial charge >= 0.3 is 0 Å². The molecule has 5 rings (SSSR count). The molecule has 2 aromatic carbocycles. The van der Waals surface area contributed by atoms with Gasteiger partial charge in [0.1, 0.15) is 17.8 Å². The molecule has 0 aliphatic carbocycles. The summed E-state index contributed by atoms with van der Waals surface area (Å²) in [5, 5.41) is 11.3. The number of rotatable bonds is 8. The van der Waals surface area contributed by atoms with Gasteiger partial charge < -0.3 is 25.1 Å². The second-order valence-corrected chi connectivity index (χ2v) is 8.78. The first-order valence-electron chi connectivity index (χ1n) is 11.3. The van der Waals surface area contributed by atoms with Gasteiger partial charge in [0.15, 0.2) is 17.4 Å². The minimum Gasteiger partial charge on any atom is -0.386 e. The van der Waals surface area contributed by atoms with E-state index in [2.05, 4.69) is 15.0 Å². The highest BCUT2D eigenvalue weighted by atomic mass is 16.6. The van der Waals surface area contributed by atoms with Crippen LogP contribution in [0.5, 0.6) is 0 Å². The number of nitrogens with one attached hydrogen (secondary N) is 1. The third kappa shape index (κ3) is 4.69. The van der Waals surface area contributed by atoms with E-state index in [-0.39, 0.29) is 30.3 Å².